The minimum atomic E-state index is -0.231. The second-order valence-corrected chi connectivity index (χ2v) is 7.99. The smallest absolute Gasteiger partial charge is 0.265 e. The second kappa shape index (κ2) is 9.88. The minimum absolute atomic E-state index is 0.156. The van der Waals surface area contributed by atoms with Gasteiger partial charge < -0.3 is 15.5 Å². The van der Waals surface area contributed by atoms with Gasteiger partial charge in [0.25, 0.3) is 11.8 Å². The van der Waals surface area contributed by atoms with Crippen molar-refractivity contribution in [3.63, 3.8) is 0 Å². The molecule has 1 fully saturated rings. The number of hydrogen-bond acceptors (Lipinski definition) is 4. The summed E-state index contributed by atoms with van der Waals surface area (Å²) < 4.78 is 0. The SMILES string of the molecule is O=C(NCCCN1CCCCC1)c1ccc(Cl)c(NC(=O)c2cccs2)c1. The van der Waals surface area contributed by atoms with E-state index in [0.29, 0.717) is 27.7 Å². The van der Waals surface area contributed by atoms with E-state index in [1.807, 2.05) is 11.4 Å². The highest BCUT2D eigenvalue weighted by Gasteiger charge is 2.13. The zero-order chi connectivity index (χ0) is 19.1. The average Bonchev–Trinajstić information content (AvgIpc) is 3.22. The summed E-state index contributed by atoms with van der Waals surface area (Å²) in [7, 11) is 0. The lowest BCUT2D eigenvalue weighted by molar-refractivity contribution is 0.0949. The van der Waals surface area contributed by atoms with E-state index in [-0.39, 0.29) is 11.8 Å². The van der Waals surface area contributed by atoms with Gasteiger partial charge in [-0.05, 0) is 68.5 Å². The second-order valence-electron chi connectivity index (χ2n) is 6.64. The Kier molecular flexibility index (Phi) is 7.26. The molecule has 2 heterocycles. The maximum Gasteiger partial charge on any atom is 0.265 e. The highest BCUT2D eigenvalue weighted by Crippen LogP contribution is 2.24. The molecule has 0 aliphatic carbocycles. The number of halogens is 1. The van der Waals surface area contributed by atoms with E-state index >= 15 is 0 Å². The van der Waals surface area contributed by atoms with Gasteiger partial charge in [-0.25, -0.2) is 0 Å². The van der Waals surface area contributed by atoms with E-state index in [9.17, 15) is 9.59 Å². The normalized spacial score (nSPS) is 14.7. The number of benzene rings is 1. The van der Waals surface area contributed by atoms with Crippen molar-refractivity contribution in [2.45, 2.75) is 25.7 Å². The van der Waals surface area contributed by atoms with Crippen molar-refractivity contribution >= 4 is 40.4 Å². The van der Waals surface area contributed by atoms with Gasteiger partial charge in [-0.1, -0.05) is 24.1 Å². The number of amides is 2. The lowest BCUT2D eigenvalue weighted by atomic mass is 10.1. The van der Waals surface area contributed by atoms with Gasteiger partial charge in [0.2, 0.25) is 0 Å². The molecule has 0 spiro atoms. The van der Waals surface area contributed by atoms with Crippen LogP contribution < -0.4 is 10.6 Å². The number of thiophene rings is 1. The first-order valence-electron chi connectivity index (χ1n) is 9.28. The number of carbonyl (C=O) groups is 2. The lowest BCUT2D eigenvalue weighted by Gasteiger charge is -2.26. The number of nitrogens with zero attached hydrogens (tertiary/aromatic N) is 1. The first-order chi connectivity index (χ1) is 13.1. The first kappa shape index (κ1) is 19.9. The molecule has 0 radical (unpaired) electrons. The number of piperidine rings is 1. The van der Waals surface area contributed by atoms with Crippen LogP contribution in [0.5, 0.6) is 0 Å². The van der Waals surface area contributed by atoms with Crippen LogP contribution in [0.4, 0.5) is 5.69 Å². The topological polar surface area (TPSA) is 61.4 Å². The average molecular weight is 406 g/mol. The van der Waals surface area contributed by atoms with E-state index in [4.69, 9.17) is 11.6 Å². The summed E-state index contributed by atoms with van der Waals surface area (Å²) >= 11 is 7.52. The summed E-state index contributed by atoms with van der Waals surface area (Å²) in [5.74, 6) is -0.386. The molecule has 0 bridgehead atoms. The minimum Gasteiger partial charge on any atom is -0.352 e. The fourth-order valence-electron chi connectivity index (χ4n) is 3.14. The van der Waals surface area contributed by atoms with Crippen LogP contribution in [0.25, 0.3) is 0 Å². The van der Waals surface area contributed by atoms with Gasteiger partial charge in [-0.15, -0.1) is 11.3 Å². The Bertz CT molecular complexity index is 774. The van der Waals surface area contributed by atoms with Crippen LogP contribution in [-0.4, -0.2) is 42.9 Å². The molecule has 7 heteroatoms. The molecule has 27 heavy (non-hydrogen) atoms. The van der Waals surface area contributed by atoms with E-state index in [2.05, 4.69) is 15.5 Å². The fraction of sp³-hybridized carbons (Fsp3) is 0.400. The largest absolute Gasteiger partial charge is 0.352 e. The molecule has 5 nitrogen and oxygen atoms in total. The highest BCUT2D eigenvalue weighted by molar-refractivity contribution is 7.12. The van der Waals surface area contributed by atoms with Crippen LogP contribution in [0.3, 0.4) is 0 Å². The molecule has 2 aromatic rings. The molecule has 1 saturated heterocycles. The van der Waals surface area contributed by atoms with E-state index < -0.39 is 0 Å². The van der Waals surface area contributed by atoms with Crippen LogP contribution in [0, 0.1) is 0 Å². The van der Waals surface area contributed by atoms with Crippen molar-refractivity contribution in [3.8, 4) is 0 Å². The maximum atomic E-state index is 12.4. The molecule has 1 aliphatic heterocycles. The van der Waals surface area contributed by atoms with Crippen molar-refractivity contribution < 1.29 is 9.59 Å². The molecule has 3 rings (SSSR count). The zero-order valence-electron chi connectivity index (χ0n) is 15.2. The maximum absolute atomic E-state index is 12.4. The summed E-state index contributed by atoms with van der Waals surface area (Å²) in [5.41, 5.74) is 0.926. The fourth-order valence-corrected chi connectivity index (χ4v) is 3.93. The molecule has 0 saturated carbocycles. The standard InChI is InChI=1S/C20H24ClN3O2S/c21-16-8-7-15(14-17(16)23-20(26)18-6-4-13-27-18)19(25)22-9-5-12-24-10-2-1-3-11-24/h4,6-8,13-14H,1-3,5,9-12H2,(H,22,25)(H,23,26). The number of anilines is 1. The quantitative estimate of drug-likeness (QED) is 0.676. The lowest BCUT2D eigenvalue weighted by Crippen LogP contribution is -2.33. The molecule has 2 amide bonds. The van der Waals surface area contributed by atoms with Crippen molar-refractivity contribution in [1.29, 1.82) is 0 Å². The summed E-state index contributed by atoms with van der Waals surface area (Å²) in [5, 5.41) is 7.96. The third kappa shape index (κ3) is 5.79. The third-order valence-corrected chi connectivity index (χ3v) is 5.81. The number of likely N-dealkylation sites (tertiary alicyclic amines) is 1. The van der Waals surface area contributed by atoms with Crippen LogP contribution in [0.15, 0.2) is 35.7 Å². The van der Waals surface area contributed by atoms with Crippen LogP contribution >= 0.6 is 22.9 Å². The van der Waals surface area contributed by atoms with E-state index in [1.165, 1.54) is 43.7 Å². The molecular weight excluding hydrogens is 382 g/mol. The van der Waals surface area contributed by atoms with Gasteiger partial charge in [0, 0.05) is 12.1 Å². The molecule has 1 aromatic carbocycles. The van der Waals surface area contributed by atoms with Crippen molar-refractivity contribution in [1.82, 2.24) is 10.2 Å². The van der Waals surface area contributed by atoms with Crippen LogP contribution in [0.1, 0.15) is 45.7 Å². The molecule has 0 unspecified atom stereocenters. The van der Waals surface area contributed by atoms with Gasteiger partial charge in [0.15, 0.2) is 0 Å². The Hall–Kier alpha value is -1.89. The Morgan fingerprint density at radius 2 is 1.93 bits per heavy atom. The highest BCUT2D eigenvalue weighted by atomic mass is 35.5. The van der Waals surface area contributed by atoms with Crippen molar-refractivity contribution in [3.05, 3.63) is 51.2 Å². The number of carbonyl (C=O) groups excluding carboxylic acids is 2. The van der Waals surface area contributed by atoms with Gasteiger partial charge in [0.05, 0.1) is 15.6 Å². The Labute approximate surface area is 168 Å². The summed E-state index contributed by atoms with van der Waals surface area (Å²) in [6.07, 6.45) is 4.81. The third-order valence-electron chi connectivity index (χ3n) is 4.61. The summed E-state index contributed by atoms with van der Waals surface area (Å²) in [6, 6.07) is 8.48. The van der Waals surface area contributed by atoms with Crippen LogP contribution in [-0.2, 0) is 0 Å². The van der Waals surface area contributed by atoms with Gasteiger partial charge >= 0.3 is 0 Å². The molecule has 144 valence electrons. The molecule has 1 aliphatic rings. The van der Waals surface area contributed by atoms with E-state index in [1.54, 1.807) is 24.3 Å². The van der Waals surface area contributed by atoms with Gasteiger partial charge in [-0.3, -0.25) is 9.59 Å². The Balaban J connectivity index is 1.51. The predicted octanol–water partition coefficient (Wildman–Crippen LogP) is 4.26. The Morgan fingerprint density at radius 1 is 1.11 bits per heavy atom. The molecular formula is C20H24ClN3O2S. The molecule has 0 atom stereocenters. The van der Waals surface area contributed by atoms with Crippen molar-refractivity contribution in [2.75, 3.05) is 31.5 Å². The zero-order valence-corrected chi connectivity index (χ0v) is 16.7. The number of hydrogen-bond donors (Lipinski definition) is 2. The number of nitrogens with one attached hydrogen (secondary N) is 2. The predicted molar refractivity (Wildman–Crippen MR) is 111 cm³/mol. The monoisotopic (exact) mass is 405 g/mol. The van der Waals surface area contributed by atoms with E-state index in [0.717, 1.165) is 13.0 Å². The molecule has 2 N–H and O–H groups in total. The van der Waals surface area contributed by atoms with Gasteiger partial charge in [0.1, 0.15) is 0 Å². The number of rotatable bonds is 7. The van der Waals surface area contributed by atoms with Gasteiger partial charge in [-0.2, -0.15) is 0 Å². The summed E-state index contributed by atoms with van der Waals surface area (Å²) in [4.78, 5) is 27.7. The Morgan fingerprint density at radius 3 is 2.67 bits per heavy atom. The summed E-state index contributed by atoms with van der Waals surface area (Å²) in [6.45, 7) is 3.98. The van der Waals surface area contributed by atoms with Crippen LogP contribution in [0.2, 0.25) is 5.02 Å². The van der Waals surface area contributed by atoms with Crippen molar-refractivity contribution in [2.24, 2.45) is 0 Å². The molecule has 1 aromatic heterocycles. The first-order valence-corrected chi connectivity index (χ1v) is 10.5.